The first-order chi connectivity index (χ1) is 7.40. The minimum absolute atomic E-state index is 0.163. The average molecular weight is 231 g/mol. The summed E-state index contributed by atoms with van der Waals surface area (Å²) >= 11 is 0. The lowest BCUT2D eigenvalue weighted by atomic mass is 10.1. The minimum atomic E-state index is -4.43. The lowest BCUT2D eigenvalue weighted by molar-refractivity contribution is -0.141. The van der Waals surface area contributed by atoms with Crippen molar-refractivity contribution in [1.29, 1.82) is 5.26 Å². The Kier molecular flexibility index (Phi) is 3.58. The molecule has 0 aliphatic rings. The standard InChI is InChI=1S/C10H12F3N3/c1-3-8(4-5-14)16-7(2)6-9(15-16)10(11,12)13/h6,8H,3-4H2,1-2H3/t8-/m1/s1. The van der Waals surface area contributed by atoms with E-state index >= 15 is 0 Å². The van der Waals surface area contributed by atoms with Crippen LogP contribution in [0, 0.1) is 18.3 Å². The summed E-state index contributed by atoms with van der Waals surface area (Å²) in [5.74, 6) is 0. The van der Waals surface area contributed by atoms with Gasteiger partial charge in [0, 0.05) is 5.69 Å². The van der Waals surface area contributed by atoms with E-state index in [1.54, 1.807) is 6.92 Å². The predicted octanol–water partition coefficient (Wildman–Crippen LogP) is 3.08. The van der Waals surface area contributed by atoms with Crippen molar-refractivity contribution in [3.8, 4) is 6.07 Å². The molecule has 1 atom stereocenters. The third kappa shape index (κ3) is 2.54. The van der Waals surface area contributed by atoms with Crippen molar-refractivity contribution < 1.29 is 13.2 Å². The van der Waals surface area contributed by atoms with E-state index in [1.807, 2.05) is 13.0 Å². The summed E-state index contributed by atoms with van der Waals surface area (Å²) in [6.07, 6.45) is -3.69. The molecule has 1 aromatic rings. The molecule has 0 amide bonds. The molecule has 1 heterocycles. The highest BCUT2D eigenvalue weighted by molar-refractivity contribution is 5.12. The highest BCUT2D eigenvalue weighted by Crippen LogP contribution is 2.30. The van der Waals surface area contributed by atoms with Gasteiger partial charge in [-0.2, -0.15) is 23.5 Å². The van der Waals surface area contributed by atoms with E-state index in [4.69, 9.17) is 5.26 Å². The van der Waals surface area contributed by atoms with Crippen molar-refractivity contribution in [1.82, 2.24) is 9.78 Å². The smallest absolute Gasteiger partial charge is 0.265 e. The quantitative estimate of drug-likeness (QED) is 0.802. The second-order valence-corrected chi connectivity index (χ2v) is 3.54. The number of nitrogens with zero attached hydrogens (tertiary/aromatic N) is 3. The molecule has 0 aromatic carbocycles. The second kappa shape index (κ2) is 4.56. The molecule has 0 fully saturated rings. The van der Waals surface area contributed by atoms with Gasteiger partial charge in [0.25, 0.3) is 0 Å². The zero-order valence-electron chi connectivity index (χ0n) is 9.04. The average Bonchev–Trinajstić information content (AvgIpc) is 2.56. The Balaban J connectivity index is 3.06. The van der Waals surface area contributed by atoms with Gasteiger partial charge in [0.05, 0.1) is 18.5 Å². The molecular formula is C10H12F3N3. The maximum Gasteiger partial charge on any atom is 0.435 e. The van der Waals surface area contributed by atoms with Crippen LogP contribution < -0.4 is 0 Å². The Bertz CT molecular complexity index is 400. The molecule has 0 aliphatic heterocycles. The van der Waals surface area contributed by atoms with Crippen molar-refractivity contribution in [3.63, 3.8) is 0 Å². The van der Waals surface area contributed by atoms with Gasteiger partial charge < -0.3 is 0 Å². The third-order valence-corrected chi connectivity index (χ3v) is 2.36. The Morgan fingerprint density at radius 2 is 2.19 bits per heavy atom. The third-order valence-electron chi connectivity index (χ3n) is 2.36. The summed E-state index contributed by atoms with van der Waals surface area (Å²) < 4.78 is 38.5. The molecule has 0 bridgehead atoms. The SMILES string of the molecule is CC[C@H](CC#N)n1nc(C(F)(F)F)cc1C. The van der Waals surface area contributed by atoms with Crippen LogP contribution in [-0.4, -0.2) is 9.78 Å². The molecule has 1 rings (SSSR count). The van der Waals surface area contributed by atoms with E-state index < -0.39 is 11.9 Å². The molecule has 0 radical (unpaired) electrons. The molecule has 0 aliphatic carbocycles. The van der Waals surface area contributed by atoms with Crippen LogP contribution >= 0.6 is 0 Å². The Hall–Kier alpha value is -1.51. The van der Waals surface area contributed by atoms with Gasteiger partial charge >= 0.3 is 6.18 Å². The lowest BCUT2D eigenvalue weighted by Gasteiger charge is -2.13. The topological polar surface area (TPSA) is 41.6 Å². The highest BCUT2D eigenvalue weighted by atomic mass is 19.4. The predicted molar refractivity (Wildman–Crippen MR) is 51.5 cm³/mol. The number of rotatable bonds is 3. The van der Waals surface area contributed by atoms with Crippen molar-refractivity contribution in [2.24, 2.45) is 0 Å². The van der Waals surface area contributed by atoms with Crippen molar-refractivity contribution in [2.75, 3.05) is 0 Å². The molecule has 16 heavy (non-hydrogen) atoms. The molecule has 3 nitrogen and oxygen atoms in total. The summed E-state index contributed by atoms with van der Waals surface area (Å²) in [5, 5.41) is 12.1. The summed E-state index contributed by atoms with van der Waals surface area (Å²) in [6.45, 7) is 3.37. The van der Waals surface area contributed by atoms with Gasteiger partial charge in [0.15, 0.2) is 5.69 Å². The van der Waals surface area contributed by atoms with Gasteiger partial charge in [-0.1, -0.05) is 6.92 Å². The first-order valence-corrected chi connectivity index (χ1v) is 4.90. The molecule has 88 valence electrons. The fourth-order valence-electron chi connectivity index (χ4n) is 1.51. The number of aromatic nitrogens is 2. The maximum absolute atomic E-state index is 12.4. The van der Waals surface area contributed by atoms with Crippen LogP contribution in [0.4, 0.5) is 13.2 Å². The van der Waals surface area contributed by atoms with Crippen LogP contribution in [0.15, 0.2) is 6.07 Å². The fraction of sp³-hybridized carbons (Fsp3) is 0.600. The van der Waals surface area contributed by atoms with E-state index in [2.05, 4.69) is 5.10 Å². The molecule has 0 N–H and O–H groups in total. The van der Waals surface area contributed by atoms with E-state index in [-0.39, 0.29) is 12.5 Å². The zero-order valence-corrected chi connectivity index (χ0v) is 9.04. The Labute approximate surface area is 91.5 Å². The number of alkyl halides is 3. The van der Waals surface area contributed by atoms with E-state index in [0.717, 1.165) is 6.07 Å². The molecular weight excluding hydrogens is 219 g/mol. The first-order valence-electron chi connectivity index (χ1n) is 4.90. The number of hydrogen-bond acceptors (Lipinski definition) is 2. The van der Waals surface area contributed by atoms with Gasteiger partial charge in [-0.25, -0.2) is 0 Å². The second-order valence-electron chi connectivity index (χ2n) is 3.54. The largest absolute Gasteiger partial charge is 0.435 e. The van der Waals surface area contributed by atoms with Crippen LogP contribution in [-0.2, 0) is 6.18 Å². The van der Waals surface area contributed by atoms with E-state index in [1.165, 1.54) is 4.68 Å². The minimum Gasteiger partial charge on any atom is -0.265 e. The summed E-state index contributed by atoms with van der Waals surface area (Å²) in [6, 6.07) is 2.66. The van der Waals surface area contributed by atoms with Gasteiger partial charge in [0.2, 0.25) is 0 Å². The normalized spacial score (nSPS) is 13.5. The molecule has 1 aromatic heterocycles. The van der Waals surface area contributed by atoms with Crippen LogP contribution in [0.5, 0.6) is 0 Å². The molecule has 0 saturated carbocycles. The molecule has 0 spiro atoms. The number of nitriles is 1. The van der Waals surface area contributed by atoms with Crippen LogP contribution in [0.1, 0.15) is 37.2 Å². The fourth-order valence-corrected chi connectivity index (χ4v) is 1.51. The molecule has 0 unspecified atom stereocenters. The summed E-state index contributed by atoms with van der Waals surface area (Å²) in [5.41, 5.74) is -0.476. The lowest BCUT2D eigenvalue weighted by Crippen LogP contribution is -2.13. The van der Waals surface area contributed by atoms with Crippen LogP contribution in [0.2, 0.25) is 0 Å². The number of halogens is 3. The Morgan fingerprint density at radius 1 is 1.56 bits per heavy atom. The van der Waals surface area contributed by atoms with Gasteiger partial charge in [-0.05, 0) is 19.4 Å². The van der Waals surface area contributed by atoms with Gasteiger partial charge in [-0.3, -0.25) is 4.68 Å². The zero-order chi connectivity index (χ0) is 12.3. The molecule has 6 heteroatoms. The first kappa shape index (κ1) is 12.6. The summed E-state index contributed by atoms with van der Waals surface area (Å²) in [7, 11) is 0. The summed E-state index contributed by atoms with van der Waals surface area (Å²) in [4.78, 5) is 0. The monoisotopic (exact) mass is 231 g/mol. The van der Waals surface area contributed by atoms with E-state index in [9.17, 15) is 13.2 Å². The maximum atomic E-state index is 12.4. The van der Waals surface area contributed by atoms with Crippen molar-refractivity contribution in [2.45, 2.75) is 38.9 Å². The van der Waals surface area contributed by atoms with Gasteiger partial charge in [-0.15, -0.1) is 0 Å². The Morgan fingerprint density at radius 3 is 2.56 bits per heavy atom. The van der Waals surface area contributed by atoms with Crippen LogP contribution in [0.25, 0.3) is 0 Å². The van der Waals surface area contributed by atoms with E-state index in [0.29, 0.717) is 12.1 Å². The van der Waals surface area contributed by atoms with Crippen LogP contribution in [0.3, 0.4) is 0 Å². The number of hydrogen-bond donors (Lipinski definition) is 0. The number of aryl methyl sites for hydroxylation is 1. The molecule has 0 saturated heterocycles. The van der Waals surface area contributed by atoms with Gasteiger partial charge in [0.1, 0.15) is 0 Å². The van der Waals surface area contributed by atoms with Crippen molar-refractivity contribution >= 4 is 0 Å². The van der Waals surface area contributed by atoms with Crippen molar-refractivity contribution in [3.05, 3.63) is 17.5 Å². The highest BCUT2D eigenvalue weighted by Gasteiger charge is 2.34.